The first-order valence-electron chi connectivity index (χ1n) is 5.94. The fourth-order valence-electron chi connectivity index (χ4n) is 1.92. The average Bonchev–Trinajstić information content (AvgIpc) is 2.41. The molecule has 0 unspecified atom stereocenters. The third-order valence-corrected chi connectivity index (χ3v) is 3.09. The Morgan fingerprint density at radius 3 is 2.00 bits per heavy atom. The quantitative estimate of drug-likeness (QED) is 0.630. The lowest BCUT2D eigenvalue weighted by Gasteiger charge is -2.06. The highest BCUT2D eigenvalue weighted by Crippen LogP contribution is 2.21. The molecule has 0 fully saturated rings. The lowest BCUT2D eigenvalue weighted by atomic mass is 10.00. The van der Waals surface area contributed by atoms with Gasteiger partial charge in [0.05, 0.1) is 9.85 Å². The SMILES string of the molecule is Cc1ccc([N+](=O)[O-])cc1Cc1ccc([N+](=O)[O-])cc1. The van der Waals surface area contributed by atoms with Crippen molar-refractivity contribution in [1.82, 2.24) is 0 Å². The Kier molecular flexibility index (Phi) is 3.74. The molecule has 2 rings (SSSR count). The zero-order chi connectivity index (χ0) is 14.7. The number of nitrogens with zero attached hydrogens (tertiary/aromatic N) is 2. The van der Waals surface area contributed by atoms with Gasteiger partial charge in [0.2, 0.25) is 0 Å². The lowest BCUT2D eigenvalue weighted by molar-refractivity contribution is -0.385. The molecular formula is C14H12N2O4. The van der Waals surface area contributed by atoms with E-state index in [1.807, 2.05) is 6.92 Å². The Bertz CT molecular complexity index is 665. The average molecular weight is 272 g/mol. The summed E-state index contributed by atoms with van der Waals surface area (Å²) in [6.45, 7) is 1.88. The molecule has 20 heavy (non-hydrogen) atoms. The molecule has 2 aromatic carbocycles. The second-order valence-corrected chi connectivity index (χ2v) is 4.47. The van der Waals surface area contributed by atoms with E-state index in [1.54, 1.807) is 18.2 Å². The first kappa shape index (κ1) is 13.7. The van der Waals surface area contributed by atoms with Crippen molar-refractivity contribution >= 4 is 11.4 Å². The minimum atomic E-state index is -0.456. The molecule has 0 amide bonds. The largest absolute Gasteiger partial charge is 0.269 e. The van der Waals surface area contributed by atoms with E-state index in [-0.39, 0.29) is 11.4 Å². The highest BCUT2D eigenvalue weighted by molar-refractivity contribution is 5.43. The van der Waals surface area contributed by atoms with Crippen LogP contribution < -0.4 is 0 Å². The molecule has 0 aliphatic heterocycles. The van der Waals surface area contributed by atoms with Gasteiger partial charge in [-0.2, -0.15) is 0 Å². The standard InChI is InChI=1S/C14H12N2O4/c1-10-2-5-14(16(19)20)9-12(10)8-11-3-6-13(7-4-11)15(17)18/h2-7,9H,8H2,1H3. The van der Waals surface area contributed by atoms with Gasteiger partial charge in [0.15, 0.2) is 0 Å². The predicted octanol–water partition coefficient (Wildman–Crippen LogP) is 3.40. The summed E-state index contributed by atoms with van der Waals surface area (Å²) in [5.74, 6) is 0. The van der Waals surface area contributed by atoms with Crippen molar-refractivity contribution in [3.63, 3.8) is 0 Å². The minimum Gasteiger partial charge on any atom is -0.258 e. The summed E-state index contributed by atoms with van der Waals surface area (Å²) in [4.78, 5) is 20.5. The summed E-state index contributed by atoms with van der Waals surface area (Å²) < 4.78 is 0. The summed E-state index contributed by atoms with van der Waals surface area (Å²) in [7, 11) is 0. The highest BCUT2D eigenvalue weighted by atomic mass is 16.6. The van der Waals surface area contributed by atoms with Crippen LogP contribution in [0.15, 0.2) is 42.5 Å². The van der Waals surface area contributed by atoms with Crippen LogP contribution in [0.25, 0.3) is 0 Å². The first-order valence-corrected chi connectivity index (χ1v) is 5.94. The van der Waals surface area contributed by atoms with E-state index in [0.717, 1.165) is 16.7 Å². The summed E-state index contributed by atoms with van der Waals surface area (Å²) >= 11 is 0. The van der Waals surface area contributed by atoms with Crippen molar-refractivity contribution in [1.29, 1.82) is 0 Å². The number of aryl methyl sites for hydroxylation is 1. The molecule has 0 bridgehead atoms. The van der Waals surface area contributed by atoms with Crippen LogP contribution in [0.3, 0.4) is 0 Å². The number of nitro benzene ring substituents is 2. The Labute approximate surface area is 115 Å². The molecule has 6 heteroatoms. The number of hydrogen-bond donors (Lipinski definition) is 0. The molecule has 2 aromatic rings. The van der Waals surface area contributed by atoms with E-state index in [1.165, 1.54) is 24.3 Å². The lowest BCUT2D eigenvalue weighted by Crippen LogP contribution is -1.96. The van der Waals surface area contributed by atoms with Gasteiger partial charge in [-0.05, 0) is 30.0 Å². The maximum Gasteiger partial charge on any atom is 0.269 e. The maximum absolute atomic E-state index is 10.8. The zero-order valence-electron chi connectivity index (χ0n) is 10.8. The van der Waals surface area contributed by atoms with Crippen LogP contribution in [0.4, 0.5) is 11.4 Å². The summed E-state index contributed by atoms with van der Waals surface area (Å²) in [6.07, 6.45) is 0.505. The minimum absolute atomic E-state index is 0.0320. The smallest absolute Gasteiger partial charge is 0.258 e. The van der Waals surface area contributed by atoms with Crippen LogP contribution in [0, 0.1) is 27.2 Å². The maximum atomic E-state index is 10.8. The van der Waals surface area contributed by atoms with Crippen molar-refractivity contribution in [2.75, 3.05) is 0 Å². The first-order chi connectivity index (χ1) is 9.47. The Morgan fingerprint density at radius 1 is 0.900 bits per heavy atom. The molecule has 0 saturated carbocycles. The molecule has 0 spiro atoms. The van der Waals surface area contributed by atoms with Crippen LogP contribution in [0.1, 0.15) is 16.7 Å². The van der Waals surface area contributed by atoms with Gasteiger partial charge in [0.1, 0.15) is 0 Å². The van der Waals surface area contributed by atoms with Gasteiger partial charge in [-0.3, -0.25) is 20.2 Å². The van der Waals surface area contributed by atoms with Crippen molar-refractivity contribution in [2.45, 2.75) is 13.3 Å². The molecule has 0 aromatic heterocycles. The summed E-state index contributed by atoms with van der Waals surface area (Å²) in [5, 5.41) is 21.3. The summed E-state index contributed by atoms with van der Waals surface area (Å²) in [5.41, 5.74) is 2.75. The third-order valence-electron chi connectivity index (χ3n) is 3.09. The fourth-order valence-corrected chi connectivity index (χ4v) is 1.92. The molecule has 6 nitrogen and oxygen atoms in total. The molecule has 0 radical (unpaired) electrons. The van der Waals surface area contributed by atoms with Gasteiger partial charge in [-0.15, -0.1) is 0 Å². The van der Waals surface area contributed by atoms with Gasteiger partial charge in [-0.1, -0.05) is 18.2 Å². The predicted molar refractivity (Wildman–Crippen MR) is 73.7 cm³/mol. The van der Waals surface area contributed by atoms with Gasteiger partial charge in [-0.25, -0.2) is 0 Å². The molecule has 0 heterocycles. The fraction of sp³-hybridized carbons (Fsp3) is 0.143. The monoisotopic (exact) mass is 272 g/mol. The van der Waals surface area contributed by atoms with Gasteiger partial charge in [0.25, 0.3) is 11.4 Å². The van der Waals surface area contributed by atoms with Crippen molar-refractivity contribution in [3.8, 4) is 0 Å². The van der Waals surface area contributed by atoms with E-state index >= 15 is 0 Å². The molecule has 0 atom stereocenters. The van der Waals surface area contributed by atoms with Crippen LogP contribution in [-0.2, 0) is 6.42 Å². The van der Waals surface area contributed by atoms with Crippen LogP contribution in [-0.4, -0.2) is 9.85 Å². The molecule has 0 saturated heterocycles. The number of non-ortho nitro benzene ring substituents is 2. The second kappa shape index (κ2) is 5.48. The van der Waals surface area contributed by atoms with E-state index in [2.05, 4.69) is 0 Å². The Morgan fingerprint density at radius 2 is 1.45 bits per heavy atom. The number of rotatable bonds is 4. The van der Waals surface area contributed by atoms with Gasteiger partial charge >= 0.3 is 0 Å². The highest BCUT2D eigenvalue weighted by Gasteiger charge is 2.10. The Balaban J connectivity index is 2.27. The topological polar surface area (TPSA) is 86.3 Å². The molecule has 0 aliphatic rings. The van der Waals surface area contributed by atoms with Gasteiger partial charge < -0.3 is 0 Å². The normalized spacial score (nSPS) is 10.2. The number of benzene rings is 2. The van der Waals surface area contributed by atoms with Crippen molar-refractivity contribution in [2.24, 2.45) is 0 Å². The van der Waals surface area contributed by atoms with E-state index in [4.69, 9.17) is 0 Å². The van der Waals surface area contributed by atoms with Crippen LogP contribution in [0.5, 0.6) is 0 Å². The molecular weight excluding hydrogens is 260 g/mol. The number of hydrogen-bond acceptors (Lipinski definition) is 4. The summed E-state index contributed by atoms with van der Waals surface area (Å²) in [6, 6.07) is 10.9. The van der Waals surface area contributed by atoms with Crippen molar-refractivity contribution < 1.29 is 9.85 Å². The second-order valence-electron chi connectivity index (χ2n) is 4.47. The molecule has 0 N–H and O–H groups in total. The van der Waals surface area contributed by atoms with Crippen molar-refractivity contribution in [3.05, 3.63) is 79.4 Å². The van der Waals surface area contributed by atoms with E-state index < -0.39 is 9.85 Å². The molecule has 102 valence electrons. The van der Waals surface area contributed by atoms with Crippen LogP contribution >= 0.6 is 0 Å². The Hall–Kier alpha value is -2.76. The molecule has 0 aliphatic carbocycles. The zero-order valence-corrected chi connectivity index (χ0v) is 10.8. The number of nitro groups is 2. The van der Waals surface area contributed by atoms with E-state index in [9.17, 15) is 20.2 Å². The van der Waals surface area contributed by atoms with Crippen LogP contribution in [0.2, 0.25) is 0 Å². The van der Waals surface area contributed by atoms with Gasteiger partial charge in [0, 0.05) is 24.3 Å². The third kappa shape index (κ3) is 2.97. The van der Waals surface area contributed by atoms with E-state index in [0.29, 0.717) is 6.42 Å².